The molecule has 0 aromatic heterocycles. The van der Waals surface area contributed by atoms with Crippen molar-refractivity contribution < 1.29 is 9.18 Å². The topological polar surface area (TPSA) is 44.4 Å². The average Bonchev–Trinajstić information content (AvgIpc) is 2.45. The van der Waals surface area contributed by atoms with E-state index in [-0.39, 0.29) is 11.8 Å². The molecule has 0 unspecified atom stereocenters. The second-order valence-electron chi connectivity index (χ2n) is 5.18. The molecule has 4 nitrogen and oxygen atoms in total. The van der Waals surface area contributed by atoms with Gasteiger partial charge in [0, 0.05) is 18.8 Å². The van der Waals surface area contributed by atoms with Gasteiger partial charge in [0.25, 0.3) is 0 Å². The summed E-state index contributed by atoms with van der Waals surface area (Å²) in [4.78, 5) is 13.9. The molecule has 1 aromatic rings. The highest BCUT2D eigenvalue weighted by Gasteiger charge is 2.22. The van der Waals surface area contributed by atoms with Crippen molar-refractivity contribution in [2.75, 3.05) is 31.5 Å². The molecule has 1 aliphatic rings. The van der Waals surface area contributed by atoms with Crippen LogP contribution in [-0.2, 0) is 0 Å². The normalized spacial score (nSPS) is 16.2. The number of anilines is 1. The van der Waals surface area contributed by atoms with Gasteiger partial charge in [-0.1, -0.05) is 13.0 Å². The third kappa shape index (κ3) is 4.20. The summed E-state index contributed by atoms with van der Waals surface area (Å²) >= 11 is 0. The molecule has 0 saturated carbocycles. The number of likely N-dealkylation sites (tertiary alicyclic amines) is 1. The van der Waals surface area contributed by atoms with Gasteiger partial charge >= 0.3 is 6.03 Å². The number of piperidine rings is 1. The van der Waals surface area contributed by atoms with E-state index >= 15 is 0 Å². The molecule has 0 bridgehead atoms. The van der Waals surface area contributed by atoms with Crippen molar-refractivity contribution in [1.82, 2.24) is 10.2 Å². The zero-order valence-electron chi connectivity index (χ0n) is 11.9. The van der Waals surface area contributed by atoms with Crippen LogP contribution in [0.5, 0.6) is 0 Å². The first-order chi connectivity index (χ1) is 9.69. The molecule has 1 heterocycles. The number of benzene rings is 1. The van der Waals surface area contributed by atoms with Gasteiger partial charge in [0.05, 0.1) is 0 Å². The zero-order chi connectivity index (χ0) is 14.4. The fourth-order valence-electron chi connectivity index (χ4n) is 2.46. The summed E-state index contributed by atoms with van der Waals surface area (Å²) in [7, 11) is 0. The summed E-state index contributed by atoms with van der Waals surface area (Å²) in [5.74, 6) is 0.306. The molecule has 2 N–H and O–H groups in total. The molecule has 1 aromatic carbocycles. The lowest BCUT2D eigenvalue weighted by atomic mass is 9.97. The largest absolute Gasteiger partial charge is 0.325 e. The molecule has 1 saturated heterocycles. The minimum absolute atomic E-state index is 0.141. The van der Waals surface area contributed by atoms with Gasteiger partial charge in [0.15, 0.2) is 0 Å². The van der Waals surface area contributed by atoms with Crippen LogP contribution in [0.15, 0.2) is 24.3 Å². The third-order valence-corrected chi connectivity index (χ3v) is 3.66. The van der Waals surface area contributed by atoms with Gasteiger partial charge in [0.2, 0.25) is 0 Å². The number of amides is 2. The van der Waals surface area contributed by atoms with E-state index in [4.69, 9.17) is 0 Å². The summed E-state index contributed by atoms with van der Waals surface area (Å²) in [6, 6.07) is 5.84. The predicted octanol–water partition coefficient (Wildman–Crippen LogP) is 2.68. The number of hydrogen-bond donors (Lipinski definition) is 2. The predicted molar refractivity (Wildman–Crippen MR) is 78.3 cm³/mol. The van der Waals surface area contributed by atoms with E-state index in [1.165, 1.54) is 12.1 Å². The highest BCUT2D eigenvalue weighted by Crippen LogP contribution is 2.18. The lowest BCUT2D eigenvalue weighted by molar-refractivity contribution is 0.182. The van der Waals surface area contributed by atoms with Gasteiger partial charge in [-0.2, -0.15) is 0 Å². The first kappa shape index (κ1) is 14.8. The maximum absolute atomic E-state index is 13.1. The Morgan fingerprint density at radius 3 is 2.80 bits per heavy atom. The maximum atomic E-state index is 13.1. The van der Waals surface area contributed by atoms with Crippen molar-refractivity contribution in [2.45, 2.75) is 19.8 Å². The van der Waals surface area contributed by atoms with Gasteiger partial charge in [-0.05, 0) is 50.0 Å². The summed E-state index contributed by atoms with van der Waals surface area (Å²) in [6.45, 7) is 5.63. The first-order valence-electron chi connectivity index (χ1n) is 7.21. The fraction of sp³-hybridized carbons (Fsp3) is 0.533. The second-order valence-corrected chi connectivity index (χ2v) is 5.18. The Morgan fingerprint density at radius 1 is 1.40 bits per heavy atom. The van der Waals surface area contributed by atoms with Crippen LogP contribution in [-0.4, -0.2) is 37.1 Å². The molecule has 1 fully saturated rings. The van der Waals surface area contributed by atoms with Gasteiger partial charge in [0.1, 0.15) is 5.82 Å². The van der Waals surface area contributed by atoms with Gasteiger partial charge in [-0.3, -0.25) is 0 Å². The molecule has 20 heavy (non-hydrogen) atoms. The number of nitrogens with zero attached hydrogens (tertiary/aromatic N) is 1. The van der Waals surface area contributed by atoms with Crippen LogP contribution in [0.1, 0.15) is 19.8 Å². The Morgan fingerprint density at radius 2 is 2.15 bits per heavy atom. The lowest BCUT2D eigenvalue weighted by Gasteiger charge is -2.32. The molecule has 1 aliphatic heterocycles. The van der Waals surface area contributed by atoms with Crippen LogP contribution < -0.4 is 10.6 Å². The Bertz CT molecular complexity index is 444. The van der Waals surface area contributed by atoms with E-state index in [1.54, 1.807) is 17.0 Å². The molecule has 0 spiro atoms. The number of urea groups is 1. The molecular formula is C15H22FN3O. The fourth-order valence-corrected chi connectivity index (χ4v) is 2.46. The molecule has 0 atom stereocenters. The van der Waals surface area contributed by atoms with Crippen LogP contribution in [0.4, 0.5) is 14.9 Å². The number of hydrogen-bond acceptors (Lipinski definition) is 2. The SMILES string of the molecule is CCNCC1CCN(C(=O)Nc2cccc(F)c2)CC1. The standard InChI is InChI=1S/C15H22FN3O/c1-2-17-11-12-6-8-19(9-7-12)15(20)18-14-5-3-4-13(16)10-14/h3-5,10,12,17H,2,6-9,11H2,1H3,(H,18,20). The number of carbonyl (C=O) groups is 1. The van der Waals surface area contributed by atoms with E-state index in [0.717, 1.165) is 39.0 Å². The Kier molecular flexibility index (Phi) is 5.35. The van der Waals surface area contributed by atoms with Crippen LogP contribution in [0.25, 0.3) is 0 Å². The van der Waals surface area contributed by atoms with Gasteiger partial charge in [-0.15, -0.1) is 0 Å². The quantitative estimate of drug-likeness (QED) is 0.890. The average molecular weight is 279 g/mol. The number of halogens is 1. The molecule has 0 radical (unpaired) electrons. The van der Waals surface area contributed by atoms with Crippen LogP contribution in [0.3, 0.4) is 0 Å². The van der Waals surface area contributed by atoms with Crippen molar-refractivity contribution >= 4 is 11.7 Å². The van der Waals surface area contributed by atoms with Crippen molar-refractivity contribution in [1.29, 1.82) is 0 Å². The summed E-state index contributed by atoms with van der Waals surface area (Å²) < 4.78 is 13.1. The number of rotatable bonds is 4. The monoisotopic (exact) mass is 279 g/mol. The summed E-state index contributed by atoms with van der Waals surface area (Å²) in [6.07, 6.45) is 2.03. The van der Waals surface area contributed by atoms with E-state index in [2.05, 4.69) is 17.6 Å². The van der Waals surface area contributed by atoms with Gasteiger partial charge in [-0.25, -0.2) is 9.18 Å². The smallest absolute Gasteiger partial charge is 0.321 e. The van der Waals surface area contributed by atoms with Crippen molar-refractivity contribution in [3.8, 4) is 0 Å². The molecule has 2 rings (SSSR count). The third-order valence-electron chi connectivity index (χ3n) is 3.66. The van der Waals surface area contributed by atoms with E-state index in [1.807, 2.05) is 0 Å². The van der Waals surface area contributed by atoms with E-state index in [0.29, 0.717) is 11.6 Å². The van der Waals surface area contributed by atoms with Crippen molar-refractivity contribution in [3.63, 3.8) is 0 Å². The van der Waals surface area contributed by atoms with Crippen molar-refractivity contribution in [2.24, 2.45) is 5.92 Å². The second kappa shape index (κ2) is 7.24. The minimum Gasteiger partial charge on any atom is -0.325 e. The number of carbonyl (C=O) groups excluding carboxylic acids is 1. The van der Waals surface area contributed by atoms with E-state index < -0.39 is 0 Å². The molecule has 110 valence electrons. The van der Waals surface area contributed by atoms with Gasteiger partial charge < -0.3 is 15.5 Å². The van der Waals surface area contributed by atoms with Crippen molar-refractivity contribution in [3.05, 3.63) is 30.1 Å². The minimum atomic E-state index is -0.341. The lowest BCUT2D eigenvalue weighted by Crippen LogP contribution is -2.42. The highest BCUT2D eigenvalue weighted by atomic mass is 19.1. The molecule has 0 aliphatic carbocycles. The number of nitrogens with one attached hydrogen (secondary N) is 2. The van der Waals surface area contributed by atoms with Crippen LogP contribution in [0, 0.1) is 11.7 Å². The Balaban J connectivity index is 1.80. The molecule has 5 heteroatoms. The Hall–Kier alpha value is -1.62. The Labute approximate surface area is 119 Å². The summed E-state index contributed by atoms with van der Waals surface area (Å²) in [5.41, 5.74) is 0.504. The summed E-state index contributed by atoms with van der Waals surface area (Å²) in [5, 5.41) is 6.09. The zero-order valence-corrected chi connectivity index (χ0v) is 11.9. The molecular weight excluding hydrogens is 257 g/mol. The first-order valence-corrected chi connectivity index (χ1v) is 7.21. The van der Waals surface area contributed by atoms with Crippen LogP contribution >= 0.6 is 0 Å². The molecule has 2 amide bonds. The maximum Gasteiger partial charge on any atom is 0.321 e. The highest BCUT2D eigenvalue weighted by molar-refractivity contribution is 5.89. The van der Waals surface area contributed by atoms with Crippen LogP contribution in [0.2, 0.25) is 0 Å². The van der Waals surface area contributed by atoms with E-state index in [9.17, 15) is 9.18 Å².